The number of aromatic nitrogens is 3. The van der Waals surface area contributed by atoms with Crippen LogP contribution >= 0.6 is 0 Å². The van der Waals surface area contributed by atoms with E-state index < -0.39 is 0 Å². The minimum Gasteiger partial charge on any atom is -0.208 e. The van der Waals surface area contributed by atoms with E-state index in [9.17, 15) is 15.8 Å². The standard InChI is InChI=1S/C56H32N6/c57-33-36-15-20-40(21-16-36)54-60-55(41-22-17-37(34-58)18-23-41)62-56(61-54)52-14-4-3-13-49(52)45-10-6-11-46(32-45)53-29-38(35-59)19-27-51(53)44-9-5-8-42(30-44)43-26-28-50-47(31-43)25-24-39-7-1-2-12-48(39)50/h1-32H. The number of hydrogen-bond donors (Lipinski definition) is 0. The van der Waals surface area contributed by atoms with Crippen LogP contribution in [-0.2, 0) is 0 Å². The quantitative estimate of drug-likeness (QED) is 0.149. The van der Waals surface area contributed by atoms with Crippen LogP contribution in [0.1, 0.15) is 16.7 Å². The molecule has 0 aliphatic carbocycles. The van der Waals surface area contributed by atoms with Crippen molar-refractivity contribution >= 4 is 21.5 Å². The molecule has 0 atom stereocenters. The molecule has 286 valence electrons. The molecule has 0 bridgehead atoms. The van der Waals surface area contributed by atoms with Gasteiger partial charge in [0.2, 0.25) is 0 Å². The van der Waals surface area contributed by atoms with Gasteiger partial charge in [-0.1, -0.05) is 115 Å². The molecule has 9 aromatic carbocycles. The molecule has 0 aliphatic heterocycles. The summed E-state index contributed by atoms with van der Waals surface area (Å²) >= 11 is 0. The van der Waals surface area contributed by atoms with Gasteiger partial charge in [0.25, 0.3) is 0 Å². The van der Waals surface area contributed by atoms with Crippen LogP contribution in [0.3, 0.4) is 0 Å². The second-order valence-corrected chi connectivity index (χ2v) is 15.0. The SMILES string of the molecule is N#Cc1ccc(-c2nc(-c3ccc(C#N)cc3)nc(-c3ccccc3-c3cccc(-c4cc(C#N)ccc4-c4cccc(-c5ccc6c(ccc7ccccc76)c5)c4)c3)n2)cc1. The molecule has 0 unspecified atom stereocenters. The van der Waals surface area contributed by atoms with Crippen LogP contribution in [0.2, 0.25) is 0 Å². The van der Waals surface area contributed by atoms with Crippen molar-refractivity contribution in [3.05, 3.63) is 211 Å². The van der Waals surface area contributed by atoms with Crippen LogP contribution in [0.4, 0.5) is 0 Å². The highest BCUT2D eigenvalue weighted by Gasteiger charge is 2.18. The lowest BCUT2D eigenvalue weighted by Gasteiger charge is -2.15. The van der Waals surface area contributed by atoms with Gasteiger partial charge in [-0.3, -0.25) is 0 Å². The number of nitrogens with zero attached hydrogens (tertiary/aromatic N) is 6. The normalized spacial score (nSPS) is 10.9. The maximum atomic E-state index is 10.1. The molecule has 10 aromatic rings. The molecule has 10 rings (SSSR count). The van der Waals surface area contributed by atoms with E-state index in [4.69, 9.17) is 15.0 Å². The zero-order valence-electron chi connectivity index (χ0n) is 33.2. The fourth-order valence-electron chi connectivity index (χ4n) is 8.09. The van der Waals surface area contributed by atoms with E-state index >= 15 is 0 Å². The van der Waals surface area contributed by atoms with E-state index in [2.05, 4.69) is 121 Å². The third-order valence-corrected chi connectivity index (χ3v) is 11.2. The summed E-state index contributed by atoms with van der Waals surface area (Å²) in [7, 11) is 0. The van der Waals surface area contributed by atoms with Crippen LogP contribution < -0.4 is 0 Å². The molecule has 6 nitrogen and oxygen atoms in total. The summed E-state index contributed by atoms with van der Waals surface area (Å²) < 4.78 is 0. The second-order valence-electron chi connectivity index (χ2n) is 15.0. The number of benzene rings is 9. The molecule has 1 aromatic heterocycles. The first-order valence-electron chi connectivity index (χ1n) is 20.1. The molecule has 62 heavy (non-hydrogen) atoms. The fourth-order valence-corrected chi connectivity index (χ4v) is 8.09. The minimum absolute atomic E-state index is 0.458. The van der Waals surface area contributed by atoms with Gasteiger partial charge in [0, 0.05) is 16.7 Å². The highest BCUT2D eigenvalue weighted by molar-refractivity contribution is 6.08. The Kier molecular flexibility index (Phi) is 9.60. The van der Waals surface area contributed by atoms with Gasteiger partial charge < -0.3 is 0 Å². The molecular formula is C56H32N6. The van der Waals surface area contributed by atoms with Gasteiger partial charge in [-0.15, -0.1) is 0 Å². The lowest BCUT2D eigenvalue weighted by atomic mass is 9.89. The van der Waals surface area contributed by atoms with Gasteiger partial charge in [0.1, 0.15) is 0 Å². The molecular weight excluding hydrogens is 757 g/mol. The Hall–Kier alpha value is -9.02. The van der Waals surface area contributed by atoms with Crippen LogP contribution in [0.25, 0.3) is 100 Å². The second kappa shape index (κ2) is 16.0. The zero-order chi connectivity index (χ0) is 42.0. The molecule has 1 heterocycles. The Morgan fingerprint density at radius 2 is 0.742 bits per heavy atom. The topological polar surface area (TPSA) is 110 Å². The lowest BCUT2D eigenvalue weighted by molar-refractivity contribution is 1.07. The first-order chi connectivity index (χ1) is 30.5. The van der Waals surface area contributed by atoms with Crippen molar-refractivity contribution in [2.75, 3.05) is 0 Å². The highest BCUT2D eigenvalue weighted by atomic mass is 15.0. The first-order valence-corrected chi connectivity index (χ1v) is 20.1. The third-order valence-electron chi connectivity index (χ3n) is 11.2. The summed E-state index contributed by atoms with van der Waals surface area (Å²) in [5.41, 5.74) is 12.0. The van der Waals surface area contributed by atoms with E-state index in [1.807, 2.05) is 66.7 Å². The smallest absolute Gasteiger partial charge is 0.164 e. The van der Waals surface area contributed by atoms with Crippen molar-refractivity contribution in [3.8, 4) is 96.9 Å². The highest BCUT2D eigenvalue weighted by Crippen LogP contribution is 2.39. The molecule has 0 amide bonds. The third kappa shape index (κ3) is 7.09. The van der Waals surface area contributed by atoms with Crippen molar-refractivity contribution < 1.29 is 0 Å². The van der Waals surface area contributed by atoms with Crippen LogP contribution in [0.5, 0.6) is 0 Å². The van der Waals surface area contributed by atoms with Gasteiger partial charge in [-0.25, -0.2) is 15.0 Å². The lowest BCUT2D eigenvalue weighted by Crippen LogP contribution is -2.01. The predicted molar refractivity (Wildman–Crippen MR) is 247 cm³/mol. The number of rotatable bonds is 7. The molecule has 0 fully saturated rings. The average Bonchev–Trinajstić information content (AvgIpc) is 3.36. The summed E-state index contributed by atoms with van der Waals surface area (Å²) in [4.78, 5) is 14.9. The predicted octanol–water partition coefficient (Wildman–Crippen LogP) is 13.5. The zero-order valence-corrected chi connectivity index (χ0v) is 33.2. The summed E-state index contributed by atoms with van der Waals surface area (Å²) in [5.74, 6) is 1.39. The maximum absolute atomic E-state index is 10.1. The largest absolute Gasteiger partial charge is 0.208 e. The van der Waals surface area contributed by atoms with Gasteiger partial charge in [0.15, 0.2) is 17.5 Å². The molecule has 0 saturated heterocycles. The van der Waals surface area contributed by atoms with Crippen molar-refractivity contribution in [2.45, 2.75) is 0 Å². The molecule has 0 aliphatic rings. The van der Waals surface area contributed by atoms with E-state index in [0.29, 0.717) is 34.2 Å². The van der Waals surface area contributed by atoms with E-state index in [1.54, 1.807) is 24.3 Å². The Bertz CT molecular complexity index is 3420. The van der Waals surface area contributed by atoms with Crippen LogP contribution in [-0.4, -0.2) is 15.0 Å². The maximum Gasteiger partial charge on any atom is 0.164 e. The Balaban J connectivity index is 1.06. The van der Waals surface area contributed by atoms with Crippen molar-refractivity contribution in [2.24, 2.45) is 0 Å². The van der Waals surface area contributed by atoms with Crippen LogP contribution in [0, 0.1) is 34.0 Å². The van der Waals surface area contributed by atoms with Gasteiger partial charge in [0.05, 0.1) is 34.9 Å². The number of fused-ring (bicyclic) bond motifs is 3. The number of hydrogen-bond acceptors (Lipinski definition) is 6. The molecule has 0 saturated carbocycles. The monoisotopic (exact) mass is 788 g/mol. The van der Waals surface area contributed by atoms with Crippen molar-refractivity contribution in [1.29, 1.82) is 15.8 Å². The molecule has 0 N–H and O–H groups in total. The molecule has 6 heteroatoms. The van der Waals surface area contributed by atoms with Crippen molar-refractivity contribution in [1.82, 2.24) is 15.0 Å². The Morgan fingerprint density at radius 1 is 0.274 bits per heavy atom. The van der Waals surface area contributed by atoms with Gasteiger partial charge >= 0.3 is 0 Å². The average molecular weight is 789 g/mol. The minimum atomic E-state index is 0.458. The summed E-state index contributed by atoms with van der Waals surface area (Å²) in [6, 6.07) is 71.4. The Morgan fingerprint density at radius 3 is 1.40 bits per heavy atom. The molecule has 0 radical (unpaired) electrons. The Labute approximate surface area is 358 Å². The van der Waals surface area contributed by atoms with E-state index in [-0.39, 0.29) is 0 Å². The summed E-state index contributed by atoms with van der Waals surface area (Å²) in [6.45, 7) is 0. The van der Waals surface area contributed by atoms with E-state index in [0.717, 1.165) is 61.2 Å². The fraction of sp³-hybridized carbons (Fsp3) is 0. The van der Waals surface area contributed by atoms with Gasteiger partial charge in [-0.2, -0.15) is 15.8 Å². The number of nitriles is 3. The van der Waals surface area contributed by atoms with Crippen LogP contribution in [0.15, 0.2) is 194 Å². The molecule has 0 spiro atoms. The summed E-state index contributed by atoms with van der Waals surface area (Å²) in [6.07, 6.45) is 0. The van der Waals surface area contributed by atoms with E-state index in [1.165, 1.54) is 21.5 Å². The summed E-state index contributed by atoms with van der Waals surface area (Å²) in [5, 5.41) is 33.8. The van der Waals surface area contributed by atoms with Gasteiger partial charge in [-0.05, 0) is 145 Å². The first kappa shape index (κ1) is 37.3. The van der Waals surface area contributed by atoms with Crippen molar-refractivity contribution in [3.63, 3.8) is 0 Å².